The second-order valence-corrected chi connectivity index (χ2v) is 6.14. The molecule has 0 heterocycles. The first kappa shape index (κ1) is 20.0. The van der Waals surface area contributed by atoms with E-state index in [4.69, 9.17) is 0 Å². The SMILES string of the molecule is CN(CC(=O)NCC#Cc1cccc(C(F)(F)F)c1)CC(C)(C)O. The molecule has 132 valence electrons. The first-order valence-corrected chi connectivity index (χ1v) is 7.31. The molecule has 0 fully saturated rings. The lowest BCUT2D eigenvalue weighted by Crippen LogP contribution is -2.42. The fraction of sp³-hybridized carbons (Fsp3) is 0.471. The largest absolute Gasteiger partial charge is 0.416 e. The molecule has 0 saturated carbocycles. The van der Waals surface area contributed by atoms with E-state index in [1.165, 1.54) is 12.1 Å². The van der Waals surface area contributed by atoms with Crippen LogP contribution in [0.25, 0.3) is 0 Å². The quantitative estimate of drug-likeness (QED) is 0.804. The molecular formula is C17H21F3N2O2. The summed E-state index contributed by atoms with van der Waals surface area (Å²) in [6, 6.07) is 4.70. The summed E-state index contributed by atoms with van der Waals surface area (Å²) in [6.07, 6.45) is -4.41. The highest BCUT2D eigenvalue weighted by atomic mass is 19.4. The van der Waals surface area contributed by atoms with Crippen LogP contribution in [0.2, 0.25) is 0 Å². The molecule has 4 nitrogen and oxygen atoms in total. The zero-order chi connectivity index (χ0) is 18.4. The average Bonchev–Trinajstić information content (AvgIpc) is 2.41. The topological polar surface area (TPSA) is 52.6 Å². The summed E-state index contributed by atoms with van der Waals surface area (Å²) in [7, 11) is 1.70. The van der Waals surface area contributed by atoms with E-state index in [-0.39, 0.29) is 24.6 Å². The molecule has 1 rings (SSSR count). The molecule has 0 bridgehead atoms. The van der Waals surface area contributed by atoms with Crippen molar-refractivity contribution in [1.29, 1.82) is 0 Å². The molecule has 1 aromatic carbocycles. The van der Waals surface area contributed by atoms with Crippen molar-refractivity contribution in [2.24, 2.45) is 0 Å². The number of nitrogens with zero attached hydrogens (tertiary/aromatic N) is 1. The van der Waals surface area contributed by atoms with Crippen molar-refractivity contribution in [3.8, 4) is 11.8 Å². The zero-order valence-corrected chi connectivity index (χ0v) is 13.9. The van der Waals surface area contributed by atoms with Crippen LogP contribution >= 0.6 is 0 Å². The van der Waals surface area contributed by atoms with Gasteiger partial charge >= 0.3 is 6.18 Å². The molecule has 0 unspecified atom stereocenters. The number of carbonyl (C=O) groups is 1. The Labute approximate surface area is 139 Å². The number of hydrogen-bond donors (Lipinski definition) is 2. The van der Waals surface area contributed by atoms with Crippen molar-refractivity contribution in [1.82, 2.24) is 10.2 Å². The summed E-state index contributed by atoms with van der Waals surface area (Å²) in [5.74, 6) is 4.92. The van der Waals surface area contributed by atoms with E-state index in [0.717, 1.165) is 12.1 Å². The molecule has 24 heavy (non-hydrogen) atoms. The van der Waals surface area contributed by atoms with Gasteiger partial charge < -0.3 is 10.4 Å². The fourth-order valence-corrected chi connectivity index (χ4v) is 2.08. The number of rotatable bonds is 5. The number of amides is 1. The first-order chi connectivity index (χ1) is 11.0. The predicted molar refractivity (Wildman–Crippen MR) is 85.1 cm³/mol. The number of halogens is 3. The van der Waals surface area contributed by atoms with E-state index >= 15 is 0 Å². The molecule has 0 saturated heterocycles. The average molecular weight is 342 g/mol. The Morgan fingerprint density at radius 2 is 2.00 bits per heavy atom. The van der Waals surface area contributed by atoms with Crippen LogP contribution in [0.15, 0.2) is 24.3 Å². The van der Waals surface area contributed by atoms with E-state index in [1.54, 1.807) is 25.8 Å². The van der Waals surface area contributed by atoms with Gasteiger partial charge in [0.1, 0.15) is 0 Å². The molecule has 1 aromatic rings. The standard InChI is InChI=1S/C17H21F3N2O2/c1-16(2,24)12-22(3)11-15(23)21-9-5-7-13-6-4-8-14(10-13)17(18,19)20/h4,6,8,10,24H,9,11-12H2,1-3H3,(H,21,23). The van der Waals surface area contributed by atoms with E-state index in [9.17, 15) is 23.1 Å². The monoisotopic (exact) mass is 342 g/mol. The molecule has 0 aliphatic rings. The van der Waals surface area contributed by atoms with Crippen molar-refractivity contribution in [2.45, 2.75) is 25.6 Å². The zero-order valence-electron chi connectivity index (χ0n) is 13.9. The van der Waals surface area contributed by atoms with Gasteiger partial charge in [-0.15, -0.1) is 0 Å². The summed E-state index contributed by atoms with van der Waals surface area (Å²) in [6.45, 7) is 3.74. The molecular weight excluding hydrogens is 321 g/mol. The molecule has 2 N–H and O–H groups in total. The van der Waals surface area contributed by atoms with E-state index in [2.05, 4.69) is 17.2 Å². The van der Waals surface area contributed by atoms with E-state index in [1.807, 2.05) is 0 Å². The van der Waals surface area contributed by atoms with Gasteiger partial charge in [-0.1, -0.05) is 17.9 Å². The lowest BCUT2D eigenvalue weighted by molar-refractivity contribution is -0.137. The van der Waals surface area contributed by atoms with E-state index < -0.39 is 17.3 Å². The van der Waals surface area contributed by atoms with Crippen molar-refractivity contribution < 1.29 is 23.1 Å². The lowest BCUT2D eigenvalue weighted by Gasteiger charge is -2.24. The van der Waals surface area contributed by atoms with Crippen LogP contribution in [0.1, 0.15) is 25.0 Å². The minimum Gasteiger partial charge on any atom is -0.389 e. The number of alkyl halides is 3. The molecule has 1 amide bonds. The van der Waals surface area contributed by atoms with Crippen LogP contribution in [0, 0.1) is 11.8 Å². The van der Waals surface area contributed by atoms with Crippen LogP contribution in [0.5, 0.6) is 0 Å². The molecule has 0 radical (unpaired) electrons. The second kappa shape index (κ2) is 8.18. The van der Waals surface area contributed by atoms with Crippen LogP contribution in [-0.2, 0) is 11.0 Å². The highest BCUT2D eigenvalue weighted by Crippen LogP contribution is 2.29. The maximum atomic E-state index is 12.6. The minimum absolute atomic E-state index is 0.0332. The third kappa shape index (κ3) is 7.99. The van der Waals surface area contributed by atoms with Crippen molar-refractivity contribution in [3.05, 3.63) is 35.4 Å². The Balaban J connectivity index is 2.49. The third-order valence-electron chi connectivity index (χ3n) is 2.87. The maximum Gasteiger partial charge on any atom is 0.416 e. The highest BCUT2D eigenvalue weighted by Gasteiger charge is 2.30. The number of likely N-dealkylation sites (N-methyl/N-ethyl adjacent to an activating group) is 1. The van der Waals surface area contributed by atoms with Gasteiger partial charge in [-0.25, -0.2) is 0 Å². The molecule has 0 aromatic heterocycles. The normalized spacial score (nSPS) is 11.8. The van der Waals surface area contributed by atoms with Gasteiger partial charge in [0.05, 0.1) is 24.3 Å². The number of benzene rings is 1. The van der Waals surface area contributed by atoms with E-state index in [0.29, 0.717) is 6.54 Å². The Hall–Kier alpha value is -2.04. The smallest absolute Gasteiger partial charge is 0.389 e. The Bertz CT molecular complexity index is 625. The van der Waals surface area contributed by atoms with Gasteiger partial charge in [-0.2, -0.15) is 13.2 Å². The van der Waals surface area contributed by atoms with Gasteiger partial charge in [0.25, 0.3) is 0 Å². The summed E-state index contributed by atoms with van der Waals surface area (Å²) >= 11 is 0. The van der Waals surface area contributed by atoms with Crippen molar-refractivity contribution in [2.75, 3.05) is 26.7 Å². The number of aliphatic hydroxyl groups is 1. The minimum atomic E-state index is -4.41. The van der Waals surface area contributed by atoms with Gasteiger partial charge in [0, 0.05) is 12.1 Å². The summed E-state index contributed by atoms with van der Waals surface area (Å²) in [4.78, 5) is 13.3. The maximum absolute atomic E-state index is 12.6. The van der Waals surface area contributed by atoms with Crippen LogP contribution in [0.3, 0.4) is 0 Å². The number of nitrogens with one attached hydrogen (secondary N) is 1. The van der Waals surface area contributed by atoms with Gasteiger partial charge in [-0.05, 0) is 39.1 Å². The molecule has 7 heteroatoms. The van der Waals surface area contributed by atoms with Gasteiger partial charge in [-0.3, -0.25) is 9.69 Å². The summed E-state index contributed by atoms with van der Waals surface area (Å²) < 4.78 is 37.7. The second-order valence-electron chi connectivity index (χ2n) is 6.14. The predicted octanol–water partition coefficient (Wildman–Crippen LogP) is 1.88. The van der Waals surface area contributed by atoms with Crippen LogP contribution < -0.4 is 5.32 Å². The first-order valence-electron chi connectivity index (χ1n) is 7.31. The summed E-state index contributed by atoms with van der Waals surface area (Å²) in [5, 5.41) is 12.2. The van der Waals surface area contributed by atoms with Crippen LogP contribution in [0.4, 0.5) is 13.2 Å². The Morgan fingerprint density at radius 1 is 1.33 bits per heavy atom. The summed E-state index contributed by atoms with van der Waals surface area (Å²) in [5.41, 5.74) is -1.43. The van der Waals surface area contributed by atoms with Crippen molar-refractivity contribution in [3.63, 3.8) is 0 Å². The molecule has 0 spiro atoms. The van der Waals surface area contributed by atoms with Gasteiger partial charge in [0.2, 0.25) is 5.91 Å². The highest BCUT2D eigenvalue weighted by molar-refractivity contribution is 5.78. The Morgan fingerprint density at radius 3 is 2.58 bits per heavy atom. The number of hydrogen-bond acceptors (Lipinski definition) is 3. The fourth-order valence-electron chi connectivity index (χ4n) is 2.08. The van der Waals surface area contributed by atoms with Crippen molar-refractivity contribution >= 4 is 5.91 Å². The lowest BCUT2D eigenvalue weighted by atomic mass is 10.1. The molecule has 0 aliphatic carbocycles. The number of carbonyl (C=O) groups excluding carboxylic acids is 1. The molecule has 0 aliphatic heterocycles. The third-order valence-corrected chi connectivity index (χ3v) is 2.87. The Kier molecular flexibility index (Phi) is 6.81. The van der Waals surface area contributed by atoms with Gasteiger partial charge in [0.15, 0.2) is 0 Å². The molecule has 0 atom stereocenters. The van der Waals surface area contributed by atoms with Crippen LogP contribution in [-0.4, -0.2) is 48.2 Å².